The molecule has 0 saturated heterocycles. The summed E-state index contributed by atoms with van der Waals surface area (Å²) in [6.07, 6.45) is -3.76. The predicted octanol–water partition coefficient (Wildman–Crippen LogP) is 3.84. The summed E-state index contributed by atoms with van der Waals surface area (Å²) in [5.41, 5.74) is -1.82. The van der Waals surface area contributed by atoms with Crippen molar-refractivity contribution in [3.63, 3.8) is 0 Å². The Labute approximate surface area is 119 Å². The Morgan fingerprint density at radius 3 is 2.62 bits per heavy atom. The van der Waals surface area contributed by atoms with Crippen molar-refractivity contribution in [3.05, 3.63) is 35.8 Å². The van der Waals surface area contributed by atoms with Crippen molar-refractivity contribution in [2.24, 2.45) is 5.92 Å². The van der Waals surface area contributed by atoms with Gasteiger partial charge in [0.15, 0.2) is 0 Å². The number of hydrogen-bond acceptors (Lipinski definition) is 1. The highest BCUT2D eigenvalue weighted by atomic mass is 19.3. The summed E-state index contributed by atoms with van der Waals surface area (Å²) in [6, 6.07) is 5.93. The molecule has 0 fully saturated rings. The maximum Gasteiger partial charge on any atom is 0.267 e. The van der Waals surface area contributed by atoms with Gasteiger partial charge in [0.2, 0.25) is 0 Å². The lowest BCUT2D eigenvalue weighted by Crippen LogP contribution is -2.41. The number of aromatic nitrogens is 1. The Morgan fingerprint density at radius 1 is 1.33 bits per heavy atom. The van der Waals surface area contributed by atoms with Gasteiger partial charge in [0.25, 0.3) is 6.43 Å². The van der Waals surface area contributed by atoms with E-state index in [1.807, 2.05) is 0 Å². The highest BCUT2D eigenvalue weighted by Gasteiger charge is 2.39. The van der Waals surface area contributed by atoms with Crippen molar-refractivity contribution in [2.45, 2.75) is 31.8 Å². The van der Waals surface area contributed by atoms with Gasteiger partial charge in [0, 0.05) is 17.5 Å². The molecule has 21 heavy (non-hydrogen) atoms. The van der Waals surface area contributed by atoms with E-state index in [0.29, 0.717) is 11.1 Å². The summed E-state index contributed by atoms with van der Waals surface area (Å²) >= 11 is 0. The first kappa shape index (κ1) is 15.8. The molecule has 0 radical (unpaired) electrons. The Morgan fingerprint density at radius 2 is 2.05 bits per heavy atom. The lowest BCUT2D eigenvalue weighted by molar-refractivity contribution is -0.109. The number of para-hydroxylation sites is 1. The molecule has 2 N–H and O–H groups in total. The Hall–Kier alpha value is -1.56. The number of H-pyrrole nitrogens is 1. The SMILES string of the molecule is CC(CF)CC(O)(Cc1cc2cccc(F)c2[nH]1)C(F)F. The summed E-state index contributed by atoms with van der Waals surface area (Å²) in [4.78, 5) is 2.70. The fourth-order valence-corrected chi connectivity index (χ4v) is 2.50. The van der Waals surface area contributed by atoms with E-state index in [1.165, 1.54) is 25.1 Å². The van der Waals surface area contributed by atoms with Crippen LogP contribution in [0.15, 0.2) is 24.3 Å². The number of benzene rings is 1. The van der Waals surface area contributed by atoms with Crippen molar-refractivity contribution in [3.8, 4) is 0 Å². The van der Waals surface area contributed by atoms with Crippen molar-refractivity contribution >= 4 is 10.9 Å². The lowest BCUT2D eigenvalue weighted by Gasteiger charge is -2.28. The molecule has 1 aromatic carbocycles. The minimum Gasteiger partial charge on any atom is -0.384 e. The second kappa shape index (κ2) is 6.05. The normalized spacial score (nSPS) is 16.3. The Kier molecular flexibility index (Phi) is 4.56. The van der Waals surface area contributed by atoms with Gasteiger partial charge < -0.3 is 10.1 Å². The standard InChI is InChI=1S/C15H17F4NO/c1-9(8-16)6-15(21,14(18)19)7-11-5-10-3-2-4-12(17)13(10)20-11/h2-5,9,14,20-21H,6-8H2,1H3. The number of halogens is 4. The minimum atomic E-state index is -3.01. The highest BCUT2D eigenvalue weighted by Crippen LogP contribution is 2.30. The highest BCUT2D eigenvalue weighted by molar-refractivity contribution is 5.80. The molecular weight excluding hydrogens is 286 g/mol. The molecule has 2 atom stereocenters. The van der Waals surface area contributed by atoms with Gasteiger partial charge in [-0.15, -0.1) is 0 Å². The molecule has 1 aromatic heterocycles. The zero-order chi connectivity index (χ0) is 15.6. The van der Waals surface area contributed by atoms with Gasteiger partial charge in [-0.25, -0.2) is 13.2 Å². The van der Waals surface area contributed by atoms with E-state index in [-0.39, 0.29) is 18.4 Å². The zero-order valence-electron chi connectivity index (χ0n) is 11.5. The van der Waals surface area contributed by atoms with Crippen LogP contribution in [0, 0.1) is 11.7 Å². The predicted molar refractivity (Wildman–Crippen MR) is 72.7 cm³/mol. The molecule has 0 spiro atoms. The molecule has 2 aromatic rings. The molecule has 0 bridgehead atoms. The van der Waals surface area contributed by atoms with Gasteiger partial charge in [-0.05, 0) is 24.5 Å². The summed E-state index contributed by atoms with van der Waals surface area (Å²) in [5.74, 6) is -1.17. The third-order valence-corrected chi connectivity index (χ3v) is 3.53. The molecule has 1 heterocycles. The summed E-state index contributed by atoms with van der Waals surface area (Å²) in [5, 5.41) is 10.6. The zero-order valence-corrected chi connectivity index (χ0v) is 11.5. The maximum atomic E-state index is 13.6. The topological polar surface area (TPSA) is 36.0 Å². The van der Waals surface area contributed by atoms with Crippen LogP contribution in [0.1, 0.15) is 19.0 Å². The van der Waals surface area contributed by atoms with Gasteiger partial charge in [-0.1, -0.05) is 19.1 Å². The molecule has 0 aliphatic heterocycles. The minimum absolute atomic E-state index is 0.211. The van der Waals surface area contributed by atoms with E-state index in [0.717, 1.165) is 0 Å². The fraction of sp³-hybridized carbons (Fsp3) is 0.467. The summed E-state index contributed by atoms with van der Waals surface area (Å²) in [7, 11) is 0. The quantitative estimate of drug-likeness (QED) is 0.782. The van der Waals surface area contributed by atoms with E-state index in [1.54, 1.807) is 6.07 Å². The molecule has 0 amide bonds. The van der Waals surface area contributed by atoms with Gasteiger partial charge in [0.1, 0.15) is 11.4 Å². The van der Waals surface area contributed by atoms with Gasteiger partial charge in [0.05, 0.1) is 12.2 Å². The average Bonchev–Trinajstić information content (AvgIpc) is 2.82. The van der Waals surface area contributed by atoms with Crippen molar-refractivity contribution < 1.29 is 22.7 Å². The van der Waals surface area contributed by atoms with Crippen molar-refractivity contribution in [1.29, 1.82) is 0 Å². The average molecular weight is 303 g/mol. The number of nitrogens with one attached hydrogen (secondary N) is 1. The van der Waals surface area contributed by atoms with Gasteiger partial charge in [-0.3, -0.25) is 4.39 Å². The number of rotatable bonds is 6. The third kappa shape index (κ3) is 3.37. The second-order valence-electron chi connectivity index (χ2n) is 5.54. The van der Waals surface area contributed by atoms with Crippen LogP contribution >= 0.6 is 0 Å². The van der Waals surface area contributed by atoms with Crippen LogP contribution in [-0.4, -0.2) is 28.8 Å². The molecule has 0 aliphatic rings. The smallest absolute Gasteiger partial charge is 0.267 e. The third-order valence-electron chi connectivity index (χ3n) is 3.53. The van der Waals surface area contributed by atoms with Crippen LogP contribution in [0.5, 0.6) is 0 Å². The number of aliphatic hydroxyl groups is 1. The van der Waals surface area contributed by atoms with Crippen LogP contribution in [-0.2, 0) is 6.42 Å². The lowest BCUT2D eigenvalue weighted by atomic mass is 9.88. The van der Waals surface area contributed by atoms with Gasteiger partial charge >= 0.3 is 0 Å². The van der Waals surface area contributed by atoms with E-state index in [9.17, 15) is 22.7 Å². The van der Waals surface area contributed by atoms with Crippen LogP contribution < -0.4 is 0 Å². The summed E-state index contributed by atoms with van der Waals surface area (Å²) in [6.45, 7) is 0.675. The Balaban J connectivity index is 2.28. The first-order valence-corrected chi connectivity index (χ1v) is 6.68. The monoisotopic (exact) mass is 303 g/mol. The number of alkyl halides is 3. The van der Waals surface area contributed by atoms with E-state index in [2.05, 4.69) is 4.98 Å². The van der Waals surface area contributed by atoms with Crippen LogP contribution in [0.25, 0.3) is 10.9 Å². The van der Waals surface area contributed by atoms with E-state index < -0.39 is 30.4 Å². The molecule has 2 rings (SSSR count). The molecule has 2 nitrogen and oxygen atoms in total. The molecule has 2 unspecified atom stereocenters. The number of aromatic amines is 1. The van der Waals surface area contributed by atoms with Gasteiger partial charge in [-0.2, -0.15) is 0 Å². The van der Waals surface area contributed by atoms with E-state index in [4.69, 9.17) is 0 Å². The molecule has 0 saturated carbocycles. The van der Waals surface area contributed by atoms with Crippen LogP contribution in [0.4, 0.5) is 17.6 Å². The van der Waals surface area contributed by atoms with Crippen molar-refractivity contribution in [2.75, 3.05) is 6.67 Å². The summed E-state index contributed by atoms with van der Waals surface area (Å²) < 4.78 is 52.4. The molecule has 6 heteroatoms. The number of hydrogen-bond donors (Lipinski definition) is 2. The van der Waals surface area contributed by atoms with Crippen LogP contribution in [0.3, 0.4) is 0 Å². The maximum absolute atomic E-state index is 13.6. The first-order chi connectivity index (χ1) is 9.85. The molecule has 0 aliphatic carbocycles. The molecule has 116 valence electrons. The molecular formula is C15H17F4NO. The first-order valence-electron chi connectivity index (χ1n) is 6.68. The fourth-order valence-electron chi connectivity index (χ4n) is 2.50. The van der Waals surface area contributed by atoms with Crippen molar-refractivity contribution in [1.82, 2.24) is 4.98 Å². The number of fused-ring (bicyclic) bond motifs is 1. The Bertz CT molecular complexity index is 613. The second-order valence-corrected chi connectivity index (χ2v) is 5.54. The van der Waals surface area contributed by atoms with E-state index >= 15 is 0 Å². The van der Waals surface area contributed by atoms with Crippen LogP contribution in [0.2, 0.25) is 0 Å². The largest absolute Gasteiger partial charge is 0.384 e.